The summed E-state index contributed by atoms with van der Waals surface area (Å²) >= 11 is 1.13. The second kappa shape index (κ2) is 4.15. The summed E-state index contributed by atoms with van der Waals surface area (Å²) in [4.78, 5) is 25.1. The molecule has 2 heterocycles. The molecule has 2 rings (SSSR count). The molecule has 2 aromatic rings. The number of thiazole rings is 1. The Balaban J connectivity index is 2.14. The Bertz CT molecular complexity index is 517. The number of hydrogen-bond acceptors (Lipinski definition) is 5. The largest absolute Gasteiger partial charge is 0.474 e. The maximum absolute atomic E-state index is 10.8. The van der Waals surface area contributed by atoms with Gasteiger partial charge in [-0.1, -0.05) is 0 Å². The van der Waals surface area contributed by atoms with Gasteiger partial charge in [0.2, 0.25) is 0 Å². The van der Waals surface area contributed by atoms with E-state index >= 15 is 0 Å². The highest BCUT2D eigenvalue weighted by atomic mass is 32.1. The fraction of sp³-hybridized carbons (Fsp3) is 0. The molecule has 2 N–H and O–H groups in total. The van der Waals surface area contributed by atoms with Crippen LogP contribution in [0.3, 0.4) is 0 Å². The third-order valence-corrected chi connectivity index (χ3v) is 2.45. The molecule has 0 atom stereocenters. The summed E-state index contributed by atoms with van der Waals surface area (Å²) in [5, 5.41) is 12.4. The van der Waals surface area contributed by atoms with Gasteiger partial charge in [-0.2, -0.15) is 0 Å². The number of hydrogen-bond donors (Lipinski definition) is 2. The third kappa shape index (κ3) is 2.09. The van der Waals surface area contributed by atoms with Crippen LogP contribution in [0.1, 0.15) is 0 Å². The minimum absolute atomic E-state index is 0.221. The number of nitrogens with one attached hydrogen (secondary N) is 1. The average Bonchev–Trinajstić information content (AvgIpc) is 2.85. The fourth-order valence-electron chi connectivity index (χ4n) is 1.02. The third-order valence-electron chi connectivity index (χ3n) is 1.69. The van der Waals surface area contributed by atoms with Gasteiger partial charge in [0.1, 0.15) is 5.69 Å². The molecule has 0 bridgehead atoms. The lowest BCUT2D eigenvalue weighted by Crippen LogP contribution is -2.21. The first kappa shape index (κ1) is 10.4. The molecule has 6 nitrogen and oxygen atoms in total. The topological polar surface area (TPSA) is 92.4 Å². The predicted molar refractivity (Wildman–Crippen MR) is 56.1 cm³/mol. The van der Waals surface area contributed by atoms with Gasteiger partial charge in [0.05, 0.1) is 6.26 Å². The Labute approximate surface area is 93.5 Å². The molecule has 7 heteroatoms. The van der Waals surface area contributed by atoms with Crippen LogP contribution in [0.4, 0.5) is 5.13 Å². The minimum Gasteiger partial charge on any atom is -0.474 e. The van der Waals surface area contributed by atoms with Gasteiger partial charge in [-0.15, -0.1) is 11.3 Å². The zero-order valence-corrected chi connectivity index (χ0v) is 8.65. The van der Waals surface area contributed by atoms with Gasteiger partial charge in [0, 0.05) is 5.38 Å². The Kier molecular flexibility index (Phi) is 2.69. The zero-order valence-electron chi connectivity index (χ0n) is 7.84. The summed E-state index contributed by atoms with van der Waals surface area (Å²) in [6.45, 7) is 0. The molecule has 0 aromatic carbocycles. The van der Waals surface area contributed by atoms with E-state index in [1.807, 2.05) is 0 Å². The van der Waals surface area contributed by atoms with Crippen molar-refractivity contribution in [3.63, 3.8) is 0 Å². The maximum atomic E-state index is 10.8. The normalized spacial score (nSPS) is 10.0. The van der Waals surface area contributed by atoms with E-state index < -0.39 is 11.9 Å². The smallest absolute Gasteiger partial charge is 0.394 e. The molecule has 0 saturated heterocycles. The Morgan fingerprint density at radius 2 is 2.31 bits per heavy atom. The van der Waals surface area contributed by atoms with E-state index in [9.17, 15) is 9.59 Å². The van der Waals surface area contributed by atoms with E-state index in [2.05, 4.69) is 10.3 Å². The summed E-state index contributed by atoms with van der Waals surface area (Å²) in [5.74, 6) is -2.10. The number of rotatable bonds is 2. The second-order valence-corrected chi connectivity index (χ2v) is 3.63. The Hall–Kier alpha value is -2.15. The average molecular weight is 238 g/mol. The summed E-state index contributed by atoms with van der Waals surface area (Å²) in [6, 6.07) is 3.43. The number of carbonyl (C=O) groups excluding carboxylic acids is 1. The number of anilines is 1. The van der Waals surface area contributed by atoms with Crippen molar-refractivity contribution in [3.05, 3.63) is 23.8 Å². The van der Waals surface area contributed by atoms with E-state index in [0.717, 1.165) is 11.3 Å². The predicted octanol–water partition coefficient (Wildman–Crippen LogP) is 1.43. The van der Waals surface area contributed by atoms with Crippen molar-refractivity contribution in [1.82, 2.24) is 4.98 Å². The summed E-state index contributed by atoms with van der Waals surface area (Å²) in [5.41, 5.74) is 0.552. The van der Waals surface area contributed by atoms with Gasteiger partial charge in [0.15, 0.2) is 10.9 Å². The SMILES string of the molecule is O=C(O)C(=O)Nc1nc(-c2ccco2)cs1. The number of carbonyl (C=O) groups is 2. The lowest BCUT2D eigenvalue weighted by Gasteiger charge is -1.94. The molecule has 82 valence electrons. The molecular formula is C9H6N2O4S. The number of carboxylic acid groups (broad SMARTS) is 1. The van der Waals surface area contributed by atoms with E-state index in [1.165, 1.54) is 6.26 Å². The molecule has 0 aliphatic heterocycles. The van der Waals surface area contributed by atoms with Gasteiger partial charge in [-0.25, -0.2) is 9.78 Å². The fourth-order valence-corrected chi connectivity index (χ4v) is 1.71. The van der Waals surface area contributed by atoms with Gasteiger partial charge in [-0.05, 0) is 12.1 Å². The molecule has 2 aromatic heterocycles. The van der Waals surface area contributed by atoms with Crippen LogP contribution in [0.2, 0.25) is 0 Å². The molecule has 0 aliphatic carbocycles. The molecule has 0 spiro atoms. The van der Waals surface area contributed by atoms with Crippen LogP contribution in [0, 0.1) is 0 Å². The number of furan rings is 1. The van der Waals surface area contributed by atoms with Gasteiger partial charge in [-0.3, -0.25) is 10.1 Å². The zero-order chi connectivity index (χ0) is 11.5. The standard InChI is InChI=1S/C9H6N2O4S/c12-7(8(13)14)11-9-10-5(4-16-9)6-2-1-3-15-6/h1-4H,(H,13,14)(H,10,11,12). The Morgan fingerprint density at radius 1 is 1.50 bits per heavy atom. The molecule has 0 unspecified atom stereocenters. The highest BCUT2D eigenvalue weighted by molar-refractivity contribution is 7.14. The van der Waals surface area contributed by atoms with E-state index in [4.69, 9.17) is 9.52 Å². The van der Waals surface area contributed by atoms with Crippen molar-refractivity contribution < 1.29 is 19.1 Å². The van der Waals surface area contributed by atoms with Crippen LogP contribution in [-0.4, -0.2) is 22.0 Å². The van der Waals surface area contributed by atoms with Crippen molar-refractivity contribution in [3.8, 4) is 11.5 Å². The quantitative estimate of drug-likeness (QED) is 0.772. The van der Waals surface area contributed by atoms with Crippen LogP contribution < -0.4 is 5.32 Å². The monoisotopic (exact) mass is 238 g/mol. The van der Waals surface area contributed by atoms with Gasteiger partial charge >= 0.3 is 11.9 Å². The summed E-state index contributed by atoms with van der Waals surface area (Å²) in [7, 11) is 0. The lowest BCUT2D eigenvalue weighted by molar-refractivity contribution is -0.147. The van der Waals surface area contributed by atoms with Crippen molar-refractivity contribution in [2.75, 3.05) is 5.32 Å². The Morgan fingerprint density at radius 3 is 2.94 bits per heavy atom. The number of nitrogens with zero attached hydrogens (tertiary/aromatic N) is 1. The lowest BCUT2D eigenvalue weighted by atomic mass is 10.4. The van der Waals surface area contributed by atoms with E-state index in [1.54, 1.807) is 17.5 Å². The molecule has 0 radical (unpaired) electrons. The highest BCUT2D eigenvalue weighted by Gasteiger charge is 2.14. The first-order valence-corrected chi connectivity index (χ1v) is 5.08. The van der Waals surface area contributed by atoms with Crippen molar-refractivity contribution in [1.29, 1.82) is 0 Å². The summed E-state index contributed by atoms with van der Waals surface area (Å²) in [6.07, 6.45) is 1.50. The van der Waals surface area contributed by atoms with E-state index in [0.29, 0.717) is 11.5 Å². The van der Waals surface area contributed by atoms with Crippen LogP contribution in [0.15, 0.2) is 28.2 Å². The van der Waals surface area contributed by atoms with Crippen molar-refractivity contribution in [2.45, 2.75) is 0 Å². The molecule has 0 aliphatic rings. The first-order valence-electron chi connectivity index (χ1n) is 4.20. The van der Waals surface area contributed by atoms with Gasteiger partial charge < -0.3 is 9.52 Å². The first-order chi connectivity index (χ1) is 7.66. The van der Waals surface area contributed by atoms with Crippen LogP contribution in [0.5, 0.6) is 0 Å². The maximum Gasteiger partial charge on any atom is 0.394 e. The molecule has 16 heavy (non-hydrogen) atoms. The minimum atomic E-state index is -1.55. The van der Waals surface area contributed by atoms with Crippen LogP contribution >= 0.6 is 11.3 Å². The van der Waals surface area contributed by atoms with Crippen LogP contribution in [-0.2, 0) is 9.59 Å². The van der Waals surface area contributed by atoms with Crippen LogP contribution in [0.25, 0.3) is 11.5 Å². The van der Waals surface area contributed by atoms with Gasteiger partial charge in [0.25, 0.3) is 0 Å². The summed E-state index contributed by atoms with van der Waals surface area (Å²) < 4.78 is 5.10. The number of aromatic nitrogens is 1. The molecule has 1 amide bonds. The van der Waals surface area contributed by atoms with Crippen molar-refractivity contribution >= 4 is 28.3 Å². The number of amides is 1. The molecule has 0 fully saturated rings. The number of carboxylic acids is 1. The number of aliphatic carboxylic acids is 1. The second-order valence-electron chi connectivity index (χ2n) is 2.77. The van der Waals surface area contributed by atoms with E-state index in [-0.39, 0.29) is 5.13 Å². The highest BCUT2D eigenvalue weighted by Crippen LogP contribution is 2.24. The molecule has 0 saturated carbocycles. The molecular weight excluding hydrogens is 232 g/mol. The van der Waals surface area contributed by atoms with Crippen molar-refractivity contribution in [2.24, 2.45) is 0 Å².